The van der Waals surface area contributed by atoms with Gasteiger partial charge in [0.1, 0.15) is 15.7 Å². The molecule has 0 fully saturated rings. The van der Waals surface area contributed by atoms with E-state index >= 15 is 0 Å². The molecule has 0 atom stereocenters. The molecule has 1 aromatic heterocycles. The monoisotopic (exact) mass is 311 g/mol. The van der Waals surface area contributed by atoms with Crippen LogP contribution in [0.2, 0.25) is 0 Å². The lowest BCUT2D eigenvalue weighted by molar-refractivity contribution is 0.594. The van der Waals surface area contributed by atoms with Gasteiger partial charge in [0.05, 0.1) is 4.90 Å². The SMILES string of the molecule is CSc1n[nH]c(N)c1S(=O)(=O)c1ccc(C(C)C)cc1. The van der Waals surface area contributed by atoms with Crippen molar-refractivity contribution in [3.63, 3.8) is 0 Å². The number of thioether (sulfide) groups is 1. The van der Waals surface area contributed by atoms with Gasteiger partial charge < -0.3 is 5.73 Å². The third-order valence-corrected chi connectivity index (χ3v) is 5.69. The Morgan fingerprint density at radius 3 is 2.35 bits per heavy atom. The zero-order valence-electron chi connectivity index (χ0n) is 11.5. The van der Waals surface area contributed by atoms with Crippen molar-refractivity contribution < 1.29 is 8.42 Å². The smallest absolute Gasteiger partial charge is 0.212 e. The summed E-state index contributed by atoms with van der Waals surface area (Å²) in [6.45, 7) is 4.12. The molecule has 0 bridgehead atoms. The molecule has 3 N–H and O–H groups in total. The van der Waals surface area contributed by atoms with Crippen LogP contribution in [0, 0.1) is 0 Å². The van der Waals surface area contributed by atoms with Gasteiger partial charge in [-0.25, -0.2) is 8.42 Å². The number of nitrogens with zero attached hydrogens (tertiary/aromatic N) is 1. The van der Waals surface area contributed by atoms with Crippen LogP contribution >= 0.6 is 11.8 Å². The quantitative estimate of drug-likeness (QED) is 0.847. The second kappa shape index (κ2) is 5.49. The Kier molecular flexibility index (Phi) is 4.10. The normalized spacial score (nSPS) is 12.0. The highest BCUT2D eigenvalue weighted by molar-refractivity contribution is 7.99. The lowest BCUT2D eigenvalue weighted by Gasteiger charge is -2.08. The lowest BCUT2D eigenvalue weighted by atomic mass is 10.0. The zero-order valence-corrected chi connectivity index (χ0v) is 13.2. The van der Waals surface area contributed by atoms with Crippen molar-refractivity contribution >= 4 is 27.4 Å². The maximum Gasteiger partial charge on any atom is 0.212 e. The average Bonchev–Trinajstić information content (AvgIpc) is 2.80. The van der Waals surface area contributed by atoms with E-state index in [2.05, 4.69) is 24.0 Å². The summed E-state index contributed by atoms with van der Waals surface area (Å²) >= 11 is 1.24. The van der Waals surface area contributed by atoms with Crippen LogP contribution in [0.3, 0.4) is 0 Å². The van der Waals surface area contributed by atoms with Crippen LogP contribution in [0.1, 0.15) is 25.3 Å². The minimum absolute atomic E-state index is 0.0577. The molecule has 1 aromatic carbocycles. The second-order valence-electron chi connectivity index (χ2n) is 4.70. The van der Waals surface area contributed by atoms with Gasteiger partial charge in [-0.2, -0.15) is 5.10 Å². The van der Waals surface area contributed by atoms with Crippen molar-refractivity contribution in [3.05, 3.63) is 29.8 Å². The van der Waals surface area contributed by atoms with Gasteiger partial charge in [-0.05, 0) is 29.9 Å². The Balaban J connectivity index is 2.52. The molecule has 2 aromatic rings. The molecule has 0 unspecified atom stereocenters. The van der Waals surface area contributed by atoms with Gasteiger partial charge in [-0.3, -0.25) is 5.10 Å². The highest BCUT2D eigenvalue weighted by Gasteiger charge is 2.26. The van der Waals surface area contributed by atoms with E-state index in [-0.39, 0.29) is 15.6 Å². The van der Waals surface area contributed by atoms with E-state index in [1.807, 2.05) is 12.1 Å². The van der Waals surface area contributed by atoms with E-state index < -0.39 is 9.84 Å². The summed E-state index contributed by atoms with van der Waals surface area (Å²) in [5, 5.41) is 6.81. The van der Waals surface area contributed by atoms with Gasteiger partial charge in [0, 0.05) is 0 Å². The summed E-state index contributed by atoms with van der Waals surface area (Å²) in [5.74, 6) is 0.426. The maximum atomic E-state index is 12.6. The largest absolute Gasteiger partial charge is 0.383 e. The predicted octanol–water partition coefficient (Wildman–Crippen LogP) is 2.67. The number of nitrogens with two attached hydrogens (primary N) is 1. The Morgan fingerprint density at radius 1 is 1.25 bits per heavy atom. The number of hydrogen-bond acceptors (Lipinski definition) is 5. The van der Waals surface area contributed by atoms with Gasteiger partial charge >= 0.3 is 0 Å². The second-order valence-corrected chi connectivity index (χ2v) is 7.38. The third-order valence-electron chi connectivity index (χ3n) is 3.04. The molecular weight excluding hydrogens is 294 g/mol. The van der Waals surface area contributed by atoms with Crippen LogP contribution in [-0.4, -0.2) is 24.9 Å². The molecule has 20 heavy (non-hydrogen) atoms. The molecule has 0 saturated carbocycles. The molecule has 2 rings (SSSR count). The van der Waals surface area contributed by atoms with Crippen molar-refractivity contribution in [1.29, 1.82) is 0 Å². The van der Waals surface area contributed by atoms with Crippen molar-refractivity contribution in [2.75, 3.05) is 12.0 Å². The van der Waals surface area contributed by atoms with E-state index in [4.69, 9.17) is 5.73 Å². The Hall–Kier alpha value is -1.47. The molecule has 108 valence electrons. The highest BCUT2D eigenvalue weighted by Crippen LogP contribution is 2.32. The summed E-state index contributed by atoms with van der Waals surface area (Å²) in [6.07, 6.45) is 1.76. The first-order valence-corrected chi connectivity index (χ1v) is 8.81. The molecule has 0 radical (unpaired) electrons. The van der Waals surface area contributed by atoms with Crippen molar-refractivity contribution in [2.45, 2.75) is 34.6 Å². The lowest BCUT2D eigenvalue weighted by Crippen LogP contribution is -2.05. The number of aromatic nitrogens is 2. The minimum atomic E-state index is -3.65. The van der Waals surface area contributed by atoms with Crippen molar-refractivity contribution in [2.24, 2.45) is 0 Å². The fourth-order valence-electron chi connectivity index (χ4n) is 1.88. The van der Waals surface area contributed by atoms with E-state index in [9.17, 15) is 8.42 Å². The molecule has 0 saturated heterocycles. The first kappa shape index (κ1) is 14.9. The molecule has 0 aliphatic heterocycles. The predicted molar refractivity (Wildman–Crippen MR) is 80.8 cm³/mol. The van der Waals surface area contributed by atoms with Crippen LogP contribution in [-0.2, 0) is 9.84 Å². The Bertz CT molecular complexity index is 704. The van der Waals surface area contributed by atoms with Gasteiger partial charge in [-0.1, -0.05) is 26.0 Å². The number of H-pyrrole nitrogens is 1. The maximum absolute atomic E-state index is 12.6. The summed E-state index contributed by atoms with van der Waals surface area (Å²) in [4.78, 5) is 0.285. The first-order chi connectivity index (χ1) is 9.37. The number of nitrogens with one attached hydrogen (secondary N) is 1. The molecule has 0 aliphatic rings. The summed E-state index contributed by atoms with van der Waals surface area (Å²) < 4.78 is 25.2. The zero-order chi connectivity index (χ0) is 14.9. The molecule has 0 aliphatic carbocycles. The third kappa shape index (κ3) is 2.55. The fourth-order valence-corrected chi connectivity index (χ4v) is 4.23. The molecule has 5 nitrogen and oxygen atoms in total. The standard InChI is InChI=1S/C13H17N3O2S2/c1-8(2)9-4-6-10(7-5-9)20(17,18)11-12(14)15-16-13(11)19-3/h4-8H,1-3H3,(H3,14,15,16). The number of sulfone groups is 1. The molecule has 1 heterocycles. The van der Waals surface area contributed by atoms with Gasteiger partial charge in [-0.15, -0.1) is 11.8 Å². The number of benzene rings is 1. The molecule has 7 heteroatoms. The Labute approximate surface area is 122 Å². The van der Waals surface area contributed by atoms with Crippen LogP contribution in [0.15, 0.2) is 39.1 Å². The van der Waals surface area contributed by atoms with Crippen molar-refractivity contribution in [3.8, 4) is 0 Å². The van der Waals surface area contributed by atoms with Crippen LogP contribution in [0.4, 0.5) is 5.82 Å². The summed E-state index contributed by atoms with van der Waals surface area (Å²) in [5.41, 5.74) is 6.80. The molecule has 0 amide bonds. The van der Waals surface area contributed by atoms with Crippen LogP contribution < -0.4 is 5.73 Å². The van der Waals surface area contributed by atoms with Crippen molar-refractivity contribution in [1.82, 2.24) is 10.2 Å². The summed E-state index contributed by atoms with van der Waals surface area (Å²) in [6, 6.07) is 6.88. The van der Waals surface area contributed by atoms with E-state index in [0.717, 1.165) is 5.56 Å². The van der Waals surface area contributed by atoms with Gasteiger partial charge in [0.2, 0.25) is 9.84 Å². The van der Waals surface area contributed by atoms with E-state index in [1.54, 1.807) is 18.4 Å². The number of hydrogen-bond donors (Lipinski definition) is 2. The van der Waals surface area contributed by atoms with E-state index in [1.165, 1.54) is 11.8 Å². The number of aromatic amines is 1. The summed E-state index contributed by atoms with van der Waals surface area (Å²) in [7, 11) is -3.65. The fraction of sp³-hybridized carbons (Fsp3) is 0.308. The topological polar surface area (TPSA) is 88.8 Å². The number of anilines is 1. The van der Waals surface area contributed by atoms with Gasteiger partial charge in [0.15, 0.2) is 0 Å². The molecule has 0 spiro atoms. The minimum Gasteiger partial charge on any atom is -0.383 e. The number of rotatable bonds is 4. The highest BCUT2D eigenvalue weighted by atomic mass is 32.2. The van der Waals surface area contributed by atoms with E-state index in [0.29, 0.717) is 10.9 Å². The Morgan fingerprint density at radius 2 is 1.85 bits per heavy atom. The van der Waals surface area contributed by atoms with Gasteiger partial charge in [0.25, 0.3) is 0 Å². The first-order valence-electron chi connectivity index (χ1n) is 6.10. The number of nitrogen functional groups attached to an aromatic ring is 1. The molecular formula is C13H17N3O2S2. The van der Waals surface area contributed by atoms with Crippen LogP contribution in [0.5, 0.6) is 0 Å². The average molecular weight is 311 g/mol. The van der Waals surface area contributed by atoms with Crippen LogP contribution in [0.25, 0.3) is 0 Å².